The molecule has 3 nitrogen and oxygen atoms in total. The van der Waals surface area contributed by atoms with Gasteiger partial charge in [-0.05, 0) is 26.3 Å². The molecule has 0 aliphatic carbocycles. The largest absolute Gasteiger partial charge is 0.377 e. The summed E-state index contributed by atoms with van der Waals surface area (Å²) in [5, 5.41) is 0. The van der Waals surface area contributed by atoms with Crippen molar-refractivity contribution in [3.8, 4) is 11.4 Å². The van der Waals surface area contributed by atoms with E-state index in [9.17, 15) is 0 Å². The summed E-state index contributed by atoms with van der Waals surface area (Å²) in [6.07, 6.45) is 4.00. The number of imidazole rings is 1. The van der Waals surface area contributed by atoms with Crippen molar-refractivity contribution in [3.05, 3.63) is 42.2 Å². The lowest BCUT2D eigenvalue weighted by Gasteiger charge is -2.13. The molecule has 2 rings (SSSR count). The Hall–Kier alpha value is -1.61. The molecule has 1 unspecified atom stereocenters. The number of benzene rings is 1. The molecule has 1 aromatic carbocycles. The van der Waals surface area contributed by atoms with E-state index in [0.29, 0.717) is 6.04 Å². The van der Waals surface area contributed by atoms with E-state index >= 15 is 0 Å². The van der Waals surface area contributed by atoms with Crippen LogP contribution < -0.4 is 0 Å². The highest BCUT2D eigenvalue weighted by Gasteiger charge is 2.09. The maximum Gasteiger partial charge on any atom is 0.140 e. The van der Waals surface area contributed by atoms with Crippen molar-refractivity contribution >= 4 is 0 Å². The van der Waals surface area contributed by atoms with Crippen molar-refractivity contribution in [2.45, 2.75) is 32.9 Å². The topological polar surface area (TPSA) is 27.1 Å². The van der Waals surface area contributed by atoms with Gasteiger partial charge in [0, 0.05) is 31.1 Å². The molecule has 0 spiro atoms. The molecule has 0 saturated carbocycles. The minimum absolute atomic E-state index is 0.129. The lowest BCUT2D eigenvalue weighted by atomic mass is 10.1. The van der Waals surface area contributed by atoms with E-state index in [1.54, 1.807) is 7.11 Å². The molecule has 2 aromatic rings. The highest BCUT2D eigenvalue weighted by molar-refractivity contribution is 5.56. The van der Waals surface area contributed by atoms with Gasteiger partial charge in [-0.2, -0.15) is 0 Å². The Morgan fingerprint density at radius 2 is 1.78 bits per heavy atom. The van der Waals surface area contributed by atoms with Gasteiger partial charge in [0.05, 0.1) is 6.10 Å². The van der Waals surface area contributed by atoms with Gasteiger partial charge in [0.2, 0.25) is 0 Å². The molecule has 1 atom stereocenters. The van der Waals surface area contributed by atoms with Crippen LogP contribution in [0.1, 0.15) is 38.5 Å². The molecular weight excluding hydrogens is 224 g/mol. The zero-order valence-electron chi connectivity index (χ0n) is 11.4. The van der Waals surface area contributed by atoms with Crippen LogP contribution in [0.4, 0.5) is 0 Å². The van der Waals surface area contributed by atoms with Crippen LogP contribution in [-0.2, 0) is 4.74 Å². The van der Waals surface area contributed by atoms with Crippen molar-refractivity contribution in [3.63, 3.8) is 0 Å². The predicted octanol–water partition coefficient (Wildman–Crippen LogP) is 3.84. The summed E-state index contributed by atoms with van der Waals surface area (Å²) in [5.41, 5.74) is 2.32. The normalized spacial score (nSPS) is 12.9. The van der Waals surface area contributed by atoms with Crippen LogP contribution >= 0.6 is 0 Å². The van der Waals surface area contributed by atoms with Crippen LogP contribution in [0.25, 0.3) is 11.4 Å². The van der Waals surface area contributed by atoms with E-state index in [1.165, 1.54) is 5.56 Å². The second-order valence-electron chi connectivity index (χ2n) is 4.75. The zero-order chi connectivity index (χ0) is 13.1. The Morgan fingerprint density at radius 3 is 2.33 bits per heavy atom. The summed E-state index contributed by atoms with van der Waals surface area (Å²) in [6, 6.07) is 8.82. The fraction of sp³-hybridized carbons (Fsp3) is 0.400. The third-order valence-corrected chi connectivity index (χ3v) is 3.22. The molecule has 0 amide bonds. The van der Waals surface area contributed by atoms with Gasteiger partial charge in [0.25, 0.3) is 0 Å². The Kier molecular flexibility index (Phi) is 3.82. The molecule has 1 aromatic heterocycles. The van der Waals surface area contributed by atoms with E-state index < -0.39 is 0 Å². The Morgan fingerprint density at radius 1 is 1.11 bits per heavy atom. The Bertz CT molecular complexity index is 499. The number of nitrogens with zero attached hydrogens (tertiary/aromatic N) is 2. The van der Waals surface area contributed by atoms with Gasteiger partial charge in [-0.25, -0.2) is 4.98 Å². The van der Waals surface area contributed by atoms with Crippen LogP contribution in [0.3, 0.4) is 0 Å². The average molecular weight is 244 g/mol. The van der Waals surface area contributed by atoms with E-state index in [0.717, 1.165) is 11.4 Å². The van der Waals surface area contributed by atoms with Crippen molar-refractivity contribution in [1.82, 2.24) is 9.55 Å². The minimum Gasteiger partial charge on any atom is -0.377 e. The summed E-state index contributed by atoms with van der Waals surface area (Å²) in [4.78, 5) is 4.43. The van der Waals surface area contributed by atoms with Crippen LogP contribution in [0.5, 0.6) is 0 Å². The first-order valence-electron chi connectivity index (χ1n) is 6.29. The van der Waals surface area contributed by atoms with Gasteiger partial charge >= 0.3 is 0 Å². The first-order valence-corrected chi connectivity index (χ1v) is 6.29. The molecule has 18 heavy (non-hydrogen) atoms. The summed E-state index contributed by atoms with van der Waals surface area (Å²) in [7, 11) is 1.73. The summed E-state index contributed by atoms with van der Waals surface area (Å²) < 4.78 is 7.48. The molecule has 3 heteroatoms. The van der Waals surface area contributed by atoms with Crippen molar-refractivity contribution in [1.29, 1.82) is 0 Å². The number of rotatable bonds is 4. The lowest BCUT2D eigenvalue weighted by molar-refractivity contribution is 0.119. The average Bonchev–Trinajstić information content (AvgIpc) is 2.87. The summed E-state index contributed by atoms with van der Waals surface area (Å²) in [5.74, 6) is 1.02. The highest BCUT2D eigenvalue weighted by Crippen LogP contribution is 2.23. The van der Waals surface area contributed by atoms with Crippen LogP contribution in [0.2, 0.25) is 0 Å². The molecule has 0 radical (unpaired) electrons. The van der Waals surface area contributed by atoms with Gasteiger partial charge in [-0.15, -0.1) is 0 Å². The molecule has 0 aliphatic heterocycles. The third kappa shape index (κ3) is 2.46. The minimum atomic E-state index is 0.129. The standard InChI is InChI=1S/C15H20N2O/c1-11(2)17-10-9-16-15(17)14-7-5-13(6-8-14)12(3)18-4/h5-12H,1-4H3. The smallest absolute Gasteiger partial charge is 0.140 e. The predicted molar refractivity (Wildman–Crippen MR) is 73.5 cm³/mol. The highest BCUT2D eigenvalue weighted by atomic mass is 16.5. The number of ether oxygens (including phenoxy) is 1. The first-order chi connectivity index (χ1) is 8.63. The fourth-order valence-corrected chi connectivity index (χ4v) is 1.99. The Balaban J connectivity index is 2.32. The number of aromatic nitrogens is 2. The third-order valence-electron chi connectivity index (χ3n) is 3.22. The van der Waals surface area contributed by atoms with Crippen LogP contribution in [0.15, 0.2) is 36.7 Å². The van der Waals surface area contributed by atoms with E-state index in [1.807, 2.05) is 19.3 Å². The molecule has 0 N–H and O–H groups in total. The SMILES string of the molecule is COC(C)c1ccc(-c2nccn2C(C)C)cc1. The van der Waals surface area contributed by atoms with Gasteiger partial charge in [-0.1, -0.05) is 24.3 Å². The lowest BCUT2D eigenvalue weighted by Crippen LogP contribution is -2.02. The molecular formula is C15H20N2O. The van der Waals surface area contributed by atoms with Gasteiger partial charge in [0.1, 0.15) is 5.82 Å². The Labute approximate surface area is 108 Å². The van der Waals surface area contributed by atoms with E-state index in [-0.39, 0.29) is 6.10 Å². The molecule has 0 saturated heterocycles. The second-order valence-corrected chi connectivity index (χ2v) is 4.75. The molecule has 96 valence electrons. The second kappa shape index (κ2) is 5.36. The quantitative estimate of drug-likeness (QED) is 0.817. The number of hydrogen-bond acceptors (Lipinski definition) is 2. The van der Waals surface area contributed by atoms with Crippen molar-refractivity contribution in [2.75, 3.05) is 7.11 Å². The van der Waals surface area contributed by atoms with Gasteiger partial charge in [-0.3, -0.25) is 0 Å². The number of hydrogen-bond donors (Lipinski definition) is 0. The van der Waals surface area contributed by atoms with E-state index in [4.69, 9.17) is 4.74 Å². The molecule has 0 fully saturated rings. The van der Waals surface area contributed by atoms with Crippen molar-refractivity contribution in [2.24, 2.45) is 0 Å². The molecule has 0 aliphatic rings. The molecule has 1 heterocycles. The van der Waals surface area contributed by atoms with Crippen molar-refractivity contribution < 1.29 is 4.74 Å². The summed E-state index contributed by atoms with van der Waals surface area (Å²) in [6.45, 7) is 6.36. The van der Waals surface area contributed by atoms with Crippen LogP contribution in [0, 0.1) is 0 Å². The maximum absolute atomic E-state index is 5.31. The number of methoxy groups -OCH3 is 1. The monoisotopic (exact) mass is 244 g/mol. The first kappa shape index (κ1) is 12.8. The van der Waals surface area contributed by atoms with E-state index in [2.05, 4.69) is 47.7 Å². The van der Waals surface area contributed by atoms with Gasteiger partial charge < -0.3 is 9.30 Å². The maximum atomic E-state index is 5.31. The molecule has 0 bridgehead atoms. The van der Waals surface area contributed by atoms with Gasteiger partial charge in [0.15, 0.2) is 0 Å². The van der Waals surface area contributed by atoms with Crippen LogP contribution in [-0.4, -0.2) is 16.7 Å². The fourth-order valence-electron chi connectivity index (χ4n) is 1.99. The summed E-state index contributed by atoms with van der Waals surface area (Å²) >= 11 is 0. The zero-order valence-corrected chi connectivity index (χ0v) is 11.4.